The fourth-order valence-electron chi connectivity index (χ4n) is 3.24. The Morgan fingerprint density at radius 3 is 2.74 bits per heavy atom. The number of likely N-dealkylation sites (tertiary alicyclic amines) is 1. The summed E-state index contributed by atoms with van der Waals surface area (Å²) in [5.41, 5.74) is 0.374. The summed E-state index contributed by atoms with van der Waals surface area (Å²) >= 11 is 0. The second-order valence-corrected chi connectivity index (χ2v) is 6.39. The number of halogens is 2. The molecule has 1 aliphatic heterocycles. The van der Waals surface area contributed by atoms with Crippen LogP contribution in [0.5, 0.6) is 0 Å². The van der Waals surface area contributed by atoms with Gasteiger partial charge >= 0.3 is 0 Å². The third-order valence-electron chi connectivity index (χ3n) is 4.66. The number of hydrogen-bond donors (Lipinski definition) is 0. The van der Waals surface area contributed by atoms with E-state index in [0.717, 1.165) is 6.07 Å². The number of rotatable bonds is 3. The summed E-state index contributed by atoms with van der Waals surface area (Å²) in [7, 11) is 0. The summed E-state index contributed by atoms with van der Waals surface area (Å²) < 4.78 is 34.2. The first-order valence-electron chi connectivity index (χ1n) is 8.55. The van der Waals surface area contributed by atoms with Gasteiger partial charge in [0.05, 0.1) is 0 Å². The maximum absolute atomic E-state index is 14.4. The molecule has 4 rings (SSSR count). The Kier molecular flexibility index (Phi) is 4.39. The second-order valence-electron chi connectivity index (χ2n) is 6.39. The van der Waals surface area contributed by atoms with E-state index in [0.29, 0.717) is 30.8 Å². The third kappa shape index (κ3) is 3.07. The molecule has 138 valence electrons. The molecule has 0 aliphatic carbocycles. The predicted molar refractivity (Wildman–Crippen MR) is 91.6 cm³/mol. The van der Waals surface area contributed by atoms with Crippen LogP contribution in [0.15, 0.2) is 41.1 Å². The fraction of sp³-hybridized carbons (Fsp3) is 0.263. The van der Waals surface area contributed by atoms with Gasteiger partial charge in [-0.3, -0.25) is 9.78 Å². The number of aromatic nitrogens is 3. The summed E-state index contributed by atoms with van der Waals surface area (Å²) in [6, 6.07) is 5.35. The molecule has 1 aromatic carbocycles. The van der Waals surface area contributed by atoms with E-state index in [1.807, 2.05) is 0 Å². The van der Waals surface area contributed by atoms with Crippen LogP contribution in [-0.2, 0) is 0 Å². The Morgan fingerprint density at radius 2 is 1.96 bits per heavy atom. The maximum atomic E-state index is 14.4. The van der Waals surface area contributed by atoms with Gasteiger partial charge in [-0.15, -0.1) is 10.2 Å². The van der Waals surface area contributed by atoms with E-state index in [1.54, 1.807) is 24.5 Å². The molecule has 0 saturated carbocycles. The molecule has 6 nitrogen and oxygen atoms in total. The number of aryl methyl sites for hydroxylation is 1. The Bertz CT molecular complexity index is 991. The monoisotopic (exact) mass is 370 g/mol. The minimum Gasteiger partial charge on any atom is -0.418 e. The molecule has 1 amide bonds. The summed E-state index contributed by atoms with van der Waals surface area (Å²) in [6.45, 7) is 1.86. The van der Waals surface area contributed by atoms with Crippen LogP contribution < -0.4 is 0 Å². The molecule has 1 aliphatic rings. The van der Waals surface area contributed by atoms with E-state index in [4.69, 9.17) is 4.42 Å². The smallest absolute Gasteiger partial charge is 0.260 e. The number of carbonyl (C=O) groups is 1. The van der Waals surface area contributed by atoms with Crippen LogP contribution in [0, 0.1) is 18.6 Å². The highest BCUT2D eigenvalue weighted by atomic mass is 19.1. The first-order valence-corrected chi connectivity index (χ1v) is 8.55. The van der Waals surface area contributed by atoms with Crippen molar-refractivity contribution < 1.29 is 18.0 Å². The van der Waals surface area contributed by atoms with Gasteiger partial charge in [0.15, 0.2) is 0 Å². The van der Waals surface area contributed by atoms with Crippen molar-refractivity contribution in [1.29, 1.82) is 0 Å². The second kappa shape index (κ2) is 6.86. The zero-order valence-electron chi connectivity index (χ0n) is 14.5. The van der Waals surface area contributed by atoms with Crippen LogP contribution in [0.3, 0.4) is 0 Å². The van der Waals surface area contributed by atoms with E-state index < -0.39 is 29.1 Å². The summed E-state index contributed by atoms with van der Waals surface area (Å²) in [5, 5.41) is 8.06. The van der Waals surface area contributed by atoms with Crippen molar-refractivity contribution >= 4 is 5.91 Å². The van der Waals surface area contributed by atoms with Gasteiger partial charge in [-0.1, -0.05) is 6.07 Å². The number of benzene rings is 1. The predicted octanol–water partition coefficient (Wildman–Crippen LogP) is 3.70. The minimum atomic E-state index is -0.878. The molecule has 0 spiro atoms. The standard InChI is InChI=1S/C19H16F2N4O2/c1-11-4-5-13(20)15(16(11)21)19(26)25-10-2-3-14(25)18-24-23-17(27-18)12-6-8-22-9-7-12/h4-9,14H,2-3,10H2,1H3. The van der Waals surface area contributed by atoms with Crippen molar-refractivity contribution in [1.82, 2.24) is 20.1 Å². The van der Waals surface area contributed by atoms with E-state index in [-0.39, 0.29) is 11.5 Å². The van der Waals surface area contributed by atoms with Crippen LogP contribution in [0.25, 0.3) is 11.5 Å². The van der Waals surface area contributed by atoms with Crippen molar-refractivity contribution in [2.75, 3.05) is 6.54 Å². The molecule has 1 unspecified atom stereocenters. The van der Waals surface area contributed by atoms with Crippen LogP contribution in [0.2, 0.25) is 0 Å². The van der Waals surface area contributed by atoms with Crippen molar-refractivity contribution in [3.05, 3.63) is 65.3 Å². The topological polar surface area (TPSA) is 72.1 Å². The highest BCUT2D eigenvalue weighted by Gasteiger charge is 2.36. The van der Waals surface area contributed by atoms with Crippen LogP contribution in [0.1, 0.15) is 40.7 Å². The zero-order chi connectivity index (χ0) is 19.0. The molecule has 8 heteroatoms. The number of hydrogen-bond acceptors (Lipinski definition) is 5. The highest BCUT2D eigenvalue weighted by molar-refractivity contribution is 5.95. The Hall–Kier alpha value is -3.16. The largest absolute Gasteiger partial charge is 0.418 e. The molecular weight excluding hydrogens is 354 g/mol. The number of pyridine rings is 1. The van der Waals surface area contributed by atoms with Crippen LogP contribution >= 0.6 is 0 Å². The van der Waals surface area contributed by atoms with Crippen LogP contribution in [0.4, 0.5) is 8.78 Å². The number of carbonyl (C=O) groups excluding carboxylic acids is 1. The molecule has 3 heterocycles. The maximum Gasteiger partial charge on any atom is 0.260 e. The first-order chi connectivity index (χ1) is 13.1. The summed E-state index contributed by atoms with van der Waals surface area (Å²) in [4.78, 5) is 18.2. The molecule has 3 aromatic rings. The highest BCUT2D eigenvalue weighted by Crippen LogP contribution is 2.34. The molecule has 0 radical (unpaired) electrons. The fourth-order valence-corrected chi connectivity index (χ4v) is 3.24. The van der Waals surface area contributed by atoms with E-state index >= 15 is 0 Å². The van der Waals surface area contributed by atoms with Gasteiger partial charge < -0.3 is 9.32 Å². The lowest BCUT2D eigenvalue weighted by Gasteiger charge is -2.22. The molecule has 1 fully saturated rings. The SMILES string of the molecule is Cc1ccc(F)c(C(=O)N2CCCC2c2nnc(-c3ccncc3)o2)c1F. The summed E-state index contributed by atoms with van der Waals surface area (Å²) in [5.74, 6) is -1.87. The lowest BCUT2D eigenvalue weighted by molar-refractivity contribution is 0.0705. The van der Waals surface area contributed by atoms with Crippen LogP contribution in [-0.4, -0.2) is 32.5 Å². The molecule has 0 bridgehead atoms. The van der Waals surface area contributed by atoms with Gasteiger partial charge in [-0.05, 0) is 43.5 Å². The zero-order valence-corrected chi connectivity index (χ0v) is 14.5. The van der Waals surface area contributed by atoms with E-state index in [2.05, 4.69) is 15.2 Å². The summed E-state index contributed by atoms with van der Waals surface area (Å²) in [6.07, 6.45) is 4.47. The van der Waals surface area contributed by atoms with Crippen molar-refractivity contribution in [3.8, 4) is 11.5 Å². The third-order valence-corrected chi connectivity index (χ3v) is 4.66. The van der Waals surface area contributed by atoms with Crippen molar-refractivity contribution in [2.45, 2.75) is 25.8 Å². The first kappa shape index (κ1) is 17.3. The van der Waals surface area contributed by atoms with Gasteiger partial charge in [-0.2, -0.15) is 0 Å². The van der Waals surface area contributed by atoms with E-state index in [1.165, 1.54) is 17.9 Å². The minimum absolute atomic E-state index is 0.216. The lowest BCUT2D eigenvalue weighted by Crippen LogP contribution is -2.32. The van der Waals surface area contributed by atoms with Gasteiger partial charge in [0.2, 0.25) is 11.8 Å². The van der Waals surface area contributed by atoms with Gasteiger partial charge in [0, 0.05) is 24.5 Å². The quantitative estimate of drug-likeness (QED) is 0.703. The van der Waals surface area contributed by atoms with Gasteiger partial charge in [-0.25, -0.2) is 8.78 Å². The molecule has 0 N–H and O–H groups in total. The molecule has 27 heavy (non-hydrogen) atoms. The van der Waals surface area contributed by atoms with E-state index in [9.17, 15) is 13.6 Å². The average molecular weight is 370 g/mol. The molecule has 2 aromatic heterocycles. The molecular formula is C19H16F2N4O2. The lowest BCUT2D eigenvalue weighted by atomic mass is 10.1. The molecule has 1 saturated heterocycles. The Balaban J connectivity index is 1.65. The Morgan fingerprint density at radius 1 is 1.19 bits per heavy atom. The normalized spacial score (nSPS) is 16.7. The Labute approximate surface area is 153 Å². The average Bonchev–Trinajstić information content (AvgIpc) is 3.34. The van der Waals surface area contributed by atoms with Crippen molar-refractivity contribution in [2.24, 2.45) is 0 Å². The molecule has 1 atom stereocenters. The van der Waals surface area contributed by atoms with Crippen molar-refractivity contribution in [3.63, 3.8) is 0 Å². The van der Waals surface area contributed by atoms with Gasteiger partial charge in [0.25, 0.3) is 5.91 Å². The number of amides is 1. The number of nitrogens with zero attached hydrogens (tertiary/aromatic N) is 4. The van der Waals surface area contributed by atoms with Gasteiger partial charge in [0.1, 0.15) is 23.2 Å².